The first-order valence-electron chi connectivity index (χ1n) is 31.8. The highest BCUT2D eigenvalue weighted by Gasteiger charge is 2.38. The zero-order chi connectivity index (χ0) is 72.3. The predicted octanol–water partition coefficient (Wildman–Crippen LogP) is -0.859. The number of hydrogen-bond donors (Lipinski definition) is 18. The average molecular weight is 1360 g/mol. The monoisotopic (exact) mass is 1360 g/mol. The van der Waals surface area contributed by atoms with Gasteiger partial charge >= 0.3 is 11.9 Å². The Kier molecular flexibility index (Phi) is 30.0. The Labute approximate surface area is 565 Å². The van der Waals surface area contributed by atoms with Gasteiger partial charge in [0.15, 0.2) is 5.96 Å². The van der Waals surface area contributed by atoms with Crippen molar-refractivity contribution in [3.05, 3.63) is 132 Å². The van der Waals surface area contributed by atoms with E-state index in [4.69, 9.17) is 22.9 Å². The summed E-state index contributed by atoms with van der Waals surface area (Å²) in [7, 11) is 0. The van der Waals surface area contributed by atoms with E-state index in [9.17, 15) is 78.0 Å². The van der Waals surface area contributed by atoms with E-state index in [0.717, 1.165) is 0 Å². The summed E-state index contributed by atoms with van der Waals surface area (Å²) in [6.07, 6.45) is -1.01. The summed E-state index contributed by atoms with van der Waals surface area (Å²) in [5.41, 5.74) is 25.0. The van der Waals surface area contributed by atoms with E-state index in [0.29, 0.717) is 33.2 Å². The minimum Gasteiger partial charge on any atom is -0.508 e. The number of nitrogens with two attached hydrogens (primary N) is 4. The second-order valence-corrected chi connectivity index (χ2v) is 24.2. The van der Waals surface area contributed by atoms with E-state index < -0.39 is 156 Å². The number of phenols is 2. The van der Waals surface area contributed by atoms with Gasteiger partial charge in [-0.25, -0.2) is 4.79 Å². The number of aromatic nitrogens is 1. The Morgan fingerprint density at radius 1 is 0.480 bits per heavy atom. The number of primary amides is 1. The third kappa shape index (κ3) is 24.9. The summed E-state index contributed by atoms with van der Waals surface area (Å²) in [6.45, 7) is 7.85. The van der Waals surface area contributed by atoms with Gasteiger partial charge in [-0.15, -0.1) is 0 Å². The number of benzene rings is 4. The minimum atomic E-state index is -1.88. The van der Waals surface area contributed by atoms with Crippen LogP contribution < -0.4 is 70.8 Å². The van der Waals surface area contributed by atoms with Crippen molar-refractivity contribution < 1.29 is 78.0 Å². The van der Waals surface area contributed by atoms with Crippen LogP contribution in [0, 0.1) is 11.8 Å². The van der Waals surface area contributed by atoms with E-state index in [1.807, 2.05) is 0 Å². The fourth-order valence-electron chi connectivity index (χ4n) is 10.3. The van der Waals surface area contributed by atoms with Crippen molar-refractivity contribution in [2.45, 2.75) is 159 Å². The number of para-hydroxylation sites is 1. The van der Waals surface area contributed by atoms with Crippen LogP contribution in [0.15, 0.2) is 114 Å². The molecule has 528 valence electrons. The summed E-state index contributed by atoms with van der Waals surface area (Å²) in [5, 5.41) is 63.4. The highest BCUT2D eigenvalue weighted by molar-refractivity contribution is 6.00. The van der Waals surface area contributed by atoms with Crippen LogP contribution in [0.2, 0.25) is 0 Å². The van der Waals surface area contributed by atoms with Gasteiger partial charge in [-0.3, -0.25) is 57.7 Å². The molecule has 0 aliphatic carbocycles. The molecule has 31 heteroatoms. The van der Waals surface area contributed by atoms with Crippen molar-refractivity contribution in [3.8, 4) is 11.5 Å². The van der Waals surface area contributed by atoms with Crippen molar-refractivity contribution in [2.75, 3.05) is 6.54 Å². The number of fused-ring (bicyclic) bond motifs is 1. The quantitative estimate of drug-likeness (QED) is 0.0129. The van der Waals surface area contributed by atoms with Crippen molar-refractivity contribution >= 4 is 87.9 Å². The van der Waals surface area contributed by atoms with Gasteiger partial charge in [0.1, 0.15) is 65.9 Å². The Morgan fingerprint density at radius 2 is 0.908 bits per heavy atom. The Morgan fingerprint density at radius 3 is 1.43 bits per heavy atom. The molecule has 1 aromatic heterocycles. The molecule has 11 atom stereocenters. The van der Waals surface area contributed by atoms with Gasteiger partial charge in [0, 0.05) is 55.7 Å². The van der Waals surface area contributed by atoms with Crippen LogP contribution in [0.1, 0.15) is 95.4 Å². The Bertz CT molecular complexity index is 3620. The molecule has 1 heterocycles. The molecule has 0 bridgehead atoms. The van der Waals surface area contributed by atoms with E-state index in [1.54, 1.807) is 88.5 Å². The number of aromatic hydroxyl groups is 2. The Hall–Kier alpha value is -11.1. The summed E-state index contributed by atoms with van der Waals surface area (Å²) < 4.78 is 0. The summed E-state index contributed by atoms with van der Waals surface area (Å²) >= 11 is 0. The van der Waals surface area contributed by atoms with Crippen LogP contribution in [-0.2, 0) is 83.2 Å². The maximum Gasteiger partial charge on any atom is 0.326 e. The number of amides is 10. The number of nitrogens with zero attached hydrogens (tertiary/aromatic N) is 1. The number of aliphatic imine (C=N–C) groups is 1. The first-order valence-corrected chi connectivity index (χ1v) is 31.8. The van der Waals surface area contributed by atoms with E-state index in [-0.39, 0.29) is 75.4 Å². The number of carboxylic acid groups (broad SMARTS) is 2. The van der Waals surface area contributed by atoms with Crippen LogP contribution in [0.25, 0.3) is 10.9 Å². The standard InChI is InChI=1S/C67H89N15O16/c1-6-36(4)56(65(96)75-46(17-12-28-72-67(70)71)58(89)80-52(66(97)98)31-40-20-24-43(84)25-21-40)82-63(94)49(30-39-18-22-42(83)23-19-39)77-61(92)51(33-53(69)85)78-60(91)50(32-41-34-73-45-16-11-10-15-44(41)45)79-64(95)55(35(2)3)81-62(93)48(29-38-13-8-7-9-14-38)76-59(90)47(26-27-54(86)87)74-57(88)37(5)68/h7-11,13-16,18-25,34-37,46-52,55-56,73,83-84H,6,12,17,26-33,68H2,1-5H3,(H2,69,85)(H,74,88)(H,75,96)(H,76,90)(H,77,92)(H,78,91)(H,79,95)(H,80,89)(H,81,93)(H,82,94)(H,86,87)(H,97,98)(H4,70,71,72)/t36-,37-,46-,47-,48-,49-,50-,51-,52-,55-,56-/m0/s1. The smallest absolute Gasteiger partial charge is 0.326 e. The summed E-state index contributed by atoms with van der Waals surface area (Å²) in [6, 6.07) is 11.5. The third-order valence-corrected chi connectivity index (χ3v) is 16.0. The molecular formula is C67H89N15O16. The largest absolute Gasteiger partial charge is 0.508 e. The molecule has 0 aliphatic heterocycles. The molecule has 5 aromatic rings. The zero-order valence-electron chi connectivity index (χ0n) is 55.0. The zero-order valence-corrected chi connectivity index (χ0v) is 55.0. The number of carbonyl (C=O) groups excluding carboxylic acids is 10. The molecule has 0 spiro atoms. The first kappa shape index (κ1) is 77.6. The van der Waals surface area contributed by atoms with Gasteiger partial charge in [0.05, 0.1) is 12.5 Å². The maximum absolute atomic E-state index is 15.0. The van der Waals surface area contributed by atoms with Crippen molar-refractivity contribution in [3.63, 3.8) is 0 Å². The third-order valence-electron chi connectivity index (χ3n) is 16.0. The molecule has 0 saturated heterocycles. The highest BCUT2D eigenvalue weighted by atomic mass is 16.4. The van der Waals surface area contributed by atoms with Crippen LogP contribution in [0.4, 0.5) is 0 Å². The molecule has 10 amide bonds. The van der Waals surface area contributed by atoms with Crippen molar-refractivity contribution in [1.82, 2.24) is 52.8 Å². The second kappa shape index (κ2) is 37.8. The van der Waals surface area contributed by atoms with Crippen LogP contribution >= 0.6 is 0 Å². The molecule has 5 rings (SSSR count). The fraction of sp³-hybridized carbons (Fsp3) is 0.418. The van der Waals surface area contributed by atoms with Crippen LogP contribution in [-0.4, -0.2) is 169 Å². The molecule has 0 saturated carbocycles. The molecular weight excluding hydrogens is 1270 g/mol. The van der Waals surface area contributed by atoms with Gasteiger partial charge < -0.3 is 96.2 Å². The number of aromatic amines is 1. The van der Waals surface area contributed by atoms with Crippen LogP contribution in [0.5, 0.6) is 11.5 Å². The highest BCUT2D eigenvalue weighted by Crippen LogP contribution is 2.21. The van der Waals surface area contributed by atoms with Crippen molar-refractivity contribution in [1.29, 1.82) is 0 Å². The average Bonchev–Trinajstić information content (AvgIpc) is 1.73. The lowest BCUT2D eigenvalue weighted by Crippen LogP contribution is -2.62. The lowest BCUT2D eigenvalue weighted by atomic mass is 9.96. The number of hydrogen-bond acceptors (Lipinski definition) is 16. The molecule has 31 nitrogen and oxygen atoms in total. The van der Waals surface area contributed by atoms with Gasteiger partial charge in [-0.05, 0) is 90.6 Å². The van der Waals surface area contributed by atoms with E-state index in [1.165, 1.54) is 55.5 Å². The number of H-pyrrole nitrogens is 1. The normalized spacial score (nSPS) is 14.5. The summed E-state index contributed by atoms with van der Waals surface area (Å²) in [4.78, 5) is 173. The fourth-order valence-corrected chi connectivity index (χ4v) is 10.3. The Balaban J connectivity index is 1.46. The SMILES string of the molecule is CC[C@H](C)[C@H](NC(=O)[C@H](Cc1ccc(O)cc1)NC(=O)[C@H](CC(N)=O)NC(=O)[C@H](Cc1c[nH]c2ccccc12)NC(=O)[C@@H](NC(=O)[C@H](Cc1ccccc1)NC(=O)[C@H](CCC(=O)O)NC(=O)[C@H](C)N)C(C)C)C(=O)N[C@@H](CCCN=C(N)N)C(=O)N[C@@H](Cc1ccc(O)cc1)C(=O)O. The second-order valence-electron chi connectivity index (χ2n) is 24.2. The molecule has 0 radical (unpaired) electrons. The number of carboxylic acids is 2. The number of carbonyl (C=O) groups is 12. The number of aliphatic carboxylic acids is 2. The topological polar surface area (TPSA) is 526 Å². The summed E-state index contributed by atoms with van der Waals surface area (Å²) in [5.74, 6) is -14.3. The molecule has 0 unspecified atom stereocenters. The maximum atomic E-state index is 15.0. The number of rotatable bonds is 39. The molecule has 4 aromatic carbocycles. The van der Waals surface area contributed by atoms with Crippen molar-refractivity contribution in [2.24, 2.45) is 39.8 Å². The van der Waals surface area contributed by atoms with Gasteiger partial charge in [0.25, 0.3) is 0 Å². The minimum absolute atomic E-state index is 0.0000640. The van der Waals surface area contributed by atoms with Gasteiger partial charge in [-0.1, -0.05) is 107 Å². The first-order chi connectivity index (χ1) is 46.4. The van der Waals surface area contributed by atoms with E-state index >= 15 is 0 Å². The van der Waals surface area contributed by atoms with Gasteiger partial charge in [-0.2, -0.15) is 0 Å². The predicted molar refractivity (Wildman–Crippen MR) is 359 cm³/mol. The number of phenolic OH excluding ortho intramolecular Hbond substituents is 2. The molecule has 0 fully saturated rings. The molecule has 98 heavy (non-hydrogen) atoms. The lowest BCUT2D eigenvalue weighted by Gasteiger charge is -2.30. The molecule has 0 aliphatic rings. The van der Waals surface area contributed by atoms with Crippen LogP contribution in [0.3, 0.4) is 0 Å². The lowest BCUT2D eigenvalue weighted by molar-refractivity contribution is -0.142. The number of guanidine groups is 1. The van der Waals surface area contributed by atoms with E-state index in [2.05, 4.69) is 57.8 Å². The number of nitrogens with one attached hydrogen (secondary N) is 10. The molecule has 22 N–H and O–H groups in total. The van der Waals surface area contributed by atoms with Gasteiger partial charge in [0.2, 0.25) is 59.1 Å².